The molecule has 47 heavy (non-hydrogen) atoms. The van der Waals surface area contributed by atoms with Crippen molar-refractivity contribution >= 4 is 19.6 Å². The van der Waals surface area contributed by atoms with Crippen molar-refractivity contribution in [1.29, 1.82) is 0 Å². The molecule has 0 bridgehead atoms. The Hall–Kier alpha value is -3.11. The zero-order valence-electron chi connectivity index (χ0n) is 26.4. The molecule has 4 N–H and O–H groups in total. The van der Waals surface area contributed by atoms with Crippen molar-refractivity contribution in [3.8, 4) is 0 Å². The molecule has 7 atom stereocenters. The van der Waals surface area contributed by atoms with E-state index in [-0.39, 0.29) is 12.2 Å². The fraction of sp³-hybridized carbons (Fsp3) is 0.786. The van der Waals surface area contributed by atoms with E-state index < -0.39 is 80.2 Å². The number of hydrogen-bond donors (Lipinski definition) is 4. The third-order valence-corrected chi connectivity index (χ3v) is 10.6. The van der Waals surface area contributed by atoms with Gasteiger partial charge in [0.05, 0.1) is 19.3 Å². The van der Waals surface area contributed by atoms with Gasteiger partial charge in [-0.15, -0.1) is 0 Å². The van der Waals surface area contributed by atoms with E-state index in [2.05, 4.69) is 20.2 Å². The van der Waals surface area contributed by atoms with Crippen molar-refractivity contribution < 1.29 is 42.4 Å². The zero-order valence-corrected chi connectivity index (χ0v) is 27.3. The molecule has 3 fully saturated rings. The van der Waals surface area contributed by atoms with Crippen molar-refractivity contribution in [1.82, 2.24) is 19.7 Å². The smallest absolute Gasteiger partial charge is 0.342 e. The highest BCUT2D eigenvalue weighted by molar-refractivity contribution is 7.54. The number of carbonyl (C=O) groups excluding carboxylic acids is 2. The second kappa shape index (κ2) is 16.3. The molecule has 3 aliphatic rings. The van der Waals surface area contributed by atoms with Crippen LogP contribution < -0.4 is 21.4 Å². The number of hydrogen-bond acceptors (Lipinski definition) is 11. The number of nitrogens with one attached hydrogen (secondary N) is 3. The van der Waals surface area contributed by atoms with E-state index >= 15 is 4.39 Å². The van der Waals surface area contributed by atoms with Gasteiger partial charge in [-0.05, 0) is 70.7 Å². The SMILES string of the molecule is CC(NP(=O)(N[C@@H](C)C(=O)OC1CCCCC1)OC[C@@]1(O)[C@H](CN=[N+]=[N-])O[C@H](n2ccc(=O)[nH]c2=O)[C@@H]1F)C(=O)OC1CCCCC1. The molecule has 19 heteroatoms. The highest BCUT2D eigenvalue weighted by Gasteiger charge is 2.58. The first-order valence-corrected chi connectivity index (χ1v) is 17.5. The van der Waals surface area contributed by atoms with Crippen molar-refractivity contribution in [2.24, 2.45) is 5.11 Å². The van der Waals surface area contributed by atoms with E-state index in [4.69, 9.17) is 24.3 Å². The Morgan fingerprint density at radius 3 is 2.13 bits per heavy atom. The molecule has 0 radical (unpaired) electrons. The van der Waals surface area contributed by atoms with Gasteiger partial charge in [0.2, 0.25) is 0 Å². The highest BCUT2D eigenvalue weighted by atomic mass is 31.2. The lowest BCUT2D eigenvalue weighted by molar-refractivity contribution is -0.152. The molecule has 1 saturated heterocycles. The minimum Gasteiger partial charge on any atom is -0.461 e. The number of H-pyrrole nitrogens is 1. The number of aromatic nitrogens is 2. The summed E-state index contributed by atoms with van der Waals surface area (Å²) in [4.78, 5) is 54.4. The topological polar surface area (TPSA) is 236 Å². The van der Waals surface area contributed by atoms with Gasteiger partial charge in [0.25, 0.3) is 5.56 Å². The van der Waals surface area contributed by atoms with E-state index in [1.165, 1.54) is 13.8 Å². The average Bonchev–Trinajstić information content (AvgIpc) is 3.29. The maximum Gasteiger partial charge on any atom is 0.342 e. The number of carbonyl (C=O) groups is 2. The van der Waals surface area contributed by atoms with Crippen LogP contribution in [0.5, 0.6) is 0 Å². The minimum atomic E-state index is -4.53. The summed E-state index contributed by atoms with van der Waals surface area (Å²) in [7, 11) is -4.53. The van der Waals surface area contributed by atoms with Gasteiger partial charge in [-0.3, -0.25) is 28.5 Å². The Morgan fingerprint density at radius 2 is 1.64 bits per heavy atom. The van der Waals surface area contributed by atoms with Crippen LogP contribution in [0.3, 0.4) is 0 Å². The standard InChI is InChI=1S/C28H43FN7O10P/c1-17(25(38)44-19-9-5-3-6-10-19)33-47(42,34-18(2)26(39)45-20-11-7-4-8-12-20)43-16-28(41)21(15-31-35-30)46-24(23(28)29)36-14-13-22(37)32-27(36)40/h13-14,17-21,23-24,41H,3-12,15-16H2,1-2H3,(H,32,37,40)(H2,33,34,42)/t17-,18?,21-,23-,24-,28+,47?/m0/s1. The van der Waals surface area contributed by atoms with Crippen LogP contribution in [0.4, 0.5) is 4.39 Å². The van der Waals surface area contributed by atoms with Crippen LogP contribution >= 0.6 is 7.67 Å². The zero-order chi connectivity index (χ0) is 34.2. The van der Waals surface area contributed by atoms with Gasteiger partial charge in [-0.25, -0.2) is 19.4 Å². The summed E-state index contributed by atoms with van der Waals surface area (Å²) in [5.41, 5.74) is 4.40. The molecule has 262 valence electrons. The largest absolute Gasteiger partial charge is 0.461 e. The average molecular weight is 688 g/mol. The Labute approximate surface area is 270 Å². The van der Waals surface area contributed by atoms with E-state index in [1.807, 2.05) is 4.98 Å². The second-order valence-electron chi connectivity index (χ2n) is 12.3. The third kappa shape index (κ3) is 9.50. The van der Waals surface area contributed by atoms with Gasteiger partial charge in [0, 0.05) is 17.2 Å². The van der Waals surface area contributed by atoms with Gasteiger partial charge in [0.1, 0.15) is 24.3 Å². The van der Waals surface area contributed by atoms with Crippen LogP contribution in [0.2, 0.25) is 0 Å². The Morgan fingerprint density at radius 1 is 1.11 bits per heavy atom. The van der Waals surface area contributed by atoms with Gasteiger partial charge in [0.15, 0.2) is 18.0 Å². The van der Waals surface area contributed by atoms with Crippen molar-refractivity contribution in [3.05, 3.63) is 43.5 Å². The van der Waals surface area contributed by atoms with Gasteiger partial charge < -0.3 is 23.8 Å². The number of rotatable bonds is 14. The molecular weight excluding hydrogens is 644 g/mol. The summed E-state index contributed by atoms with van der Waals surface area (Å²) in [6.45, 7) is 1.05. The summed E-state index contributed by atoms with van der Waals surface area (Å²) < 4.78 is 53.4. The third-order valence-electron chi connectivity index (χ3n) is 8.61. The Balaban J connectivity index is 1.55. The molecule has 2 saturated carbocycles. The van der Waals surface area contributed by atoms with Crippen molar-refractivity contribution in [2.45, 2.75) is 126 Å². The molecule has 1 aromatic rings. The molecule has 4 rings (SSSR count). The Kier molecular flexibility index (Phi) is 12.8. The number of alkyl halides is 1. The number of azide groups is 1. The second-order valence-corrected chi connectivity index (χ2v) is 14.1. The minimum absolute atomic E-state index is 0.309. The van der Waals surface area contributed by atoms with Crippen LogP contribution in [0, 0.1) is 0 Å². The van der Waals surface area contributed by atoms with Crippen LogP contribution in [0.1, 0.15) is 84.3 Å². The normalized spacial score (nSPS) is 28.0. The molecule has 2 unspecified atom stereocenters. The number of ether oxygens (including phenoxy) is 3. The lowest BCUT2D eigenvalue weighted by Crippen LogP contribution is -2.52. The van der Waals surface area contributed by atoms with E-state index in [0.717, 1.165) is 50.8 Å². The molecule has 0 amide bonds. The maximum atomic E-state index is 16.0. The molecule has 2 heterocycles. The van der Waals surface area contributed by atoms with Gasteiger partial charge in [-0.2, -0.15) is 0 Å². The van der Waals surface area contributed by atoms with Crippen molar-refractivity contribution in [3.63, 3.8) is 0 Å². The number of halogens is 1. The van der Waals surface area contributed by atoms with Crippen LogP contribution in [0.25, 0.3) is 10.4 Å². The van der Waals surface area contributed by atoms with Crippen LogP contribution in [-0.2, 0) is 32.9 Å². The number of nitrogens with zero attached hydrogens (tertiary/aromatic N) is 4. The molecule has 1 aromatic heterocycles. The summed E-state index contributed by atoms with van der Waals surface area (Å²) in [6.07, 6.45) is 2.89. The lowest BCUT2D eigenvalue weighted by atomic mass is 9.94. The summed E-state index contributed by atoms with van der Waals surface area (Å²) in [5, 5.41) is 20.0. The van der Waals surface area contributed by atoms with E-state index in [1.54, 1.807) is 0 Å². The van der Waals surface area contributed by atoms with Crippen LogP contribution in [-0.4, -0.2) is 81.9 Å². The molecule has 0 aromatic carbocycles. The number of aromatic amines is 1. The molecule has 0 spiro atoms. The highest BCUT2D eigenvalue weighted by Crippen LogP contribution is 2.45. The fourth-order valence-corrected chi connectivity index (χ4v) is 7.76. The summed E-state index contributed by atoms with van der Waals surface area (Å²) in [5.74, 6) is -1.46. The molecule has 17 nitrogen and oxygen atoms in total. The fourth-order valence-electron chi connectivity index (χ4n) is 5.92. The first kappa shape index (κ1) is 36.7. The molecular formula is C28H43FN7O10P. The van der Waals surface area contributed by atoms with E-state index in [0.29, 0.717) is 30.3 Å². The van der Waals surface area contributed by atoms with Gasteiger partial charge >= 0.3 is 25.3 Å². The van der Waals surface area contributed by atoms with Crippen molar-refractivity contribution in [2.75, 3.05) is 13.2 Å². The number of esters is 2. The predicted molar refractivity (Wildman–Crippen MR) is 164 cm³/mol. The monoisotopic (exact) mass is 687 g/mol. The van der Waals surface area contributed by atoms with Gasteiger partial charge in [-0.1, -0.05) is 18.0 Å². The lowest BCUT2D eigenvalue weighted by Gasteiger charge is -2.33. The van der Waals surface area contributed by atoms with E-state index in [9.17, 15) is 28.8 Å². The maximum absolute atomic E-state index is 16.0. The summed E-state index contributed by atoms with van der Waals surface area (Å²) in [6, 6.07) is -1.53. The number of aliphatic hydroxyl groups is 1. The molecule has 1 aliphatic heterocycles. The first-order chi connectivity index (χ1) is 22.3. The summed E-state index contributed by atoms with van der Waals surface area (Å²) >= 11 is 0. The molecule has 2 aliphatic carbocycles. The first-order valence-electron chi connectivity index (χ1n) is 15.9. The predicted octanol–water partition coefficient (Wildman–Crippen LogP) is 2.65. The quantitative estimate of drug-likeness (QED) is 0.0726. The Bertz CT molecular complexity index is 1420. The van der Waals surface area contributed by atoms with Crippen LogP contribution in [0.15, 0.2) is 27.0 Å².